The van der Waals surface area contributed by atoms with Gasteiger partial charge in [0.05, 0.1) is 11.2 Å². The van der Waals surface area contributed by atoms with Crippen LogP contribution in [-0.4, -0.2) is 12.1 Å². The van der Waals surface area contributed by atoms with Gasteiger partial charge in [0.15, 0.2) is 0 Å². The average molecular weight is 236 g/mol. The fourth-order valence-electron chi connectivity index (χ4n) is 2.58. The van der Waals surface area contributed by atoms with Gasteiger partial charge in [-0.3, -0.25) is 0 Å². The van der Waals surface area contributed by atoms with Gasteiger partial charge in [0.25, 0.3) is 0 Å². The maximum Gasteiger partial charge on any atom is 0.146 e. The van der Waals surface area contributed by atoms with E-state index in [1.807, 2.05) is 6.07 Å². The Hall–Kier alpha value is -1.09. The number of benzene rings is 1. The van der Waals surface area contributed by atoms with Gasteiger partial charge in [0.1, 0.15) is 5.82 Å². The van der Waals surface area contributed by atoms with Crippen molar-refractivity contribution in [2.24, 2.45) is 17.6 Å². The Bertz CT molecular complexity index is 384. The largest absolute Gasteiger partial charge is 0.376 e. The third-order valence-corrected chi connectivity index (χ3v) is 3.91. The molecule has 0 saturated heterocycles. The van der Waals surface area contributed by atoms with E-state index in [1.165, 1.54) is 6.07 Å². The van der Waals surface area contributed by atoms with Gasteiger partial charge in [0, 0.05) is 6.54 Å². The lowest BCUT2D eigenvalue weighted by atomic mass is 9.64. The first kappa shape index (κ1) is 12.4. The van der Waals surface area contributed by atoms with Gasteiger partial charge >= 0.3 is 0 Å². The standard InChI is InChI=1S/C14H21FN2/c1-10(2)11-7-14(8-11,9-16)17-13-6-4-3-5-12(13)15/h3-6,10-11,17H,7-9,16H2,1-2H3. The molecule has 0 radical (unpaired) electrons. The topological polar surface area (TPSA) is 38.0 Å². The molecule has 1 saturated carbocycles. The number of hydrogen-bond acceptors (Lipinski definition) is 2. The van der Waals surface area contributed by atoms with Crippen LogP contribution in [0.4, 0.5) is 10.1 Å². The van der Waals surface area contributed by atoms with Crippen molar-refractivity contribution in [2.45, 2.75) is 32.2 Å². The SMILES string of the molecule is CC(C)C1CC(CN)(Nc2ccccc2F)C1. The smallest absolute Gasteiger partial charge is 0.146 e. The minimum Gasteiger partial charge on any atom is -0.376 e. The summed E-state index contributed by atoms with van der Waals surface area (Å²) in [7, 11) is 0. The molecule has 3 N–H and O–H groups in total. The van der Waals surface area contributed by atoms with Crippen LogP contribution >= 0.6 is 0 Å². The van der Waals surface area contributed by atoms with Crippen LogP contribution in [0.1, 0.15) is 26.7 Å². The first-order valence-corrected chi connectivity index (χ1v) is 6.29. The summed E-state index contributed by atoms with van der Waals surface area (Å²) in [6, 6.07) is 6.79. The first-order chi connectivity index (χ1) is 8.06. The van der Waals surface area contributed by atoms with Crippen molar-refractivity contribution >= 4 is 5.69 Å². The lowest BCUT2D eigenvalue weighted by molar-refractivity contribution is 0.129. The number of anilines is 1. The molecule has 3 heteroatoms. The van der Waals surface area contributed by atoms with Crippen molar-refractivity contribution in [1.29, 1.82) is 0 Å². The summed E-state index contributed by atoms with van der Waals surface area (Å²) < 4.78 is 13.6. The molecule has 0 aliphatic heterocycles. The Balaban J connectivity index is 2.05. The van der Waals surface area contributed by atoms with Gasteiger partial charge in [-0.25, -0.2) is 4.39 Å². The van der Waals surface area contributed by atoms with Crippen LogP contribution < -0.4 is 11.1 Å². The number of halogens is 1. The van der Waals surface area contributed by atoms with E-state index in [4.69, 9.17) is 5.73 Å². The van der Waals surface area contributed by atoms with Gasteiger partial charge in [-0.05, 0) is 36.8 Å². The zero-order chi connectivity index (χ0) is 12.5. The van der Waals surface area contributed by atoms with Crippen LogP contribution in [0, 0.1) is 17.7 Å². The van der Waals surface area contributed by atoms with Crippen LogP contribution in [-0.2, 0) is 0 Å². The van der Waals surface area contributed by atoms with Crippen LogP contribution in [0.25, 0.3) is 0 Å². The molecule has 0 bridgehead atoms. The summed E-state index contributed by atoms with van der Waals surface area (Å²) in [5.41, 5.74) is 6.31. The molecular formula is C14H21FN2. The molecule has 0 heterocycles. The molecule has 0 aromatic heterocycles. The van der Waals surface area contributed by atoms with E-state index in [0.29, 0.717) is 24.1 Å². The summed E-state index contributed by atoms with van der Waals surface area (Å²) in [5.74, 6) is 1.18. The number of para-hydroxylation sites is 1. The number of hydrogen-bond donors (Lipinski definition) is 2. The monoisotopic (exact) mass is 236 g/mol. The molecule has 94 valence electrons. The van der Waals surface area contributed by atoms with E-state index in [0.717, 1.165) is 12.8 Å². The van der Waals surface area contributed by atoms with Crippen molar-refractivity contribution < 1.29 is 4.39 Å². The molecule has 1 aromatic carbocycles. The lowest BCUT2D eigenvalue weighted by Crippen LogP contribution is -2.56. The van der Waals surface area contributed by atoms with Gasteiger partial charge in [-0.15, -0.1) is 0 Å². The molecule has 2 nitrogen and oxygen atoms in total. The van der Waals surface area contributed by atoms with E-state index in [1.54, 1.807) is 12.1 Å². The molecule has 1 aliphatic carbocycles. The predicted molar refractivity (Wildman–Crippen MR) is 69.4 cm³/mol. The number of rotatable bonds is 4. The van der Waals surface area contributed by atoms with E-state index in [2.05, 4.69) is 19.2 Å². The second-order valence-electron chi connectivity index (χ2n) is 5.50. The summed E-state index contributed by atoms with van der Waals surface area (Å²) >= 11 is 0. The fraction of sp³-hybridized carbons (Fsp3) is 0.571. The molecule has 0 atom stereocenters. The highest BCUT2D eigenvalue weighted by molar-refractivity contribution is 5.47. The van der Waals surface area contributed by atoms with E-state index < -0.39 is 0 Å². The third kappa shape index (κ3) is 2.44. The lowest BCUT2D eigenvalue weighted by Gasteiger charge is -2.50. The molecule has 1 fully saturated rings. The molecule has 1 aliphatic rings. The van der Waals surface area contributed by atoms with Crippen molar-refractivity contribution in [2.75, 3.05) is 11.9 Å². The quantitative estimate of drug-likeness (QED) is 0.843. The van der Waals surface area contributed by atoms with Crippen molar-refractivity contribution in [3.05, 3.63) is 30.1 Å². The molecule has 0 amide bonds. The average Bonchev–Trinajstić information content (AvgIpc) is 2.25. The zero-order valence-electron chi connectivity index (χ0n) is 10.5. The fourth-order valence-corrected chi connectivity index (χ4v) is 2.58. The third-order valence-electron chi connectivity index (χ3n) is 3.91. The van der Waals surface area contributed by atoms with Crippen molar-refractivity contribution in [3.8, 4) is 0 Å². The molecule has 1 aromatic rings. The molecule has 17 heavy (non-hydrogen) atoms. The van der Waals surface area contributed by atoms with Crippen LogP contribution in [0.5, 0.6) is 0 Å². The predicted octanol–water partition coefficient (Wildman–Crippen LogP) is 3.00. The van der Waals surface area contributed by atoms with Crippen molar-refractivity contribution in [1.82, 2.24) is 0 Å². The van der Waals surface area contributed by atoms with Crippen molar-refractivity contribution in [3.63, 3.8) is 0 Å². The van der Waals surface area contributed by atoms with Crippen LogP contribution in [0.3, 0.4) is 0 Å². The Morgan fingerprint density at radius 3 is 2.59 bits per heavy atom. The second kappa shape index (κ2) is 4.65. The Morgan fingerprint density at radius 2 is 2.06 bits per heavy atom. The number of nitrogens with two attached hydrogens (primary N) is 1. The molecule has 0 spiro atoms. The minimum absolute atomic E-state index is 0.100. The van der Waals surface area contributed by atoms with Gasteiger partial charge < -0.3 is 11.1 Å². The number of nitrogens with one attached hydrogen (secondary N) is 1. The van der Waals surface area contributed by atoms with E-state index in [-0.39, 0.29) is 11.4 Å². The Morgan fingerprint density at radius 1 is 1.41 bits per heavy atom. The zero-order valence-corrected chi connectivity index (χ0v) is 10.5. The normalized spacial score (nSPS) is 27.9. The molecular weight excluding hydrogens is 215 g/mol. The maximum absolute atomic E-state index is 13.6. The van der Waals surface area contributed by atoms with Gasteiger partial charge in [0.2, 0.25) is 0 Å². The highest BCUT2D eigenvalue weighted by Crippen LogP contribution is 2.43. The summed E-state index contributed by atoms with van der Waals surface area (Å²) in [4.78, 5) is 0. The molecule has 0 unspecified atom stereocenters. The van der Waals surface area contributed by atoms with Crippen LogP contribution in [0.2, 0.25) is 0 Å². The highest BCUT2D eigenvalue weighted by Gasteiger charge is 2.44. The highest BCUT2D eigenvalue weighted by atomic mass is 19.1. The van der Waals surface area contributed by atoms with Gasteiger partial charge in [-0.2, -0.15) is 0 Å². The first-order valence-electron chi connectivity index (χ1n) is 6.29. The Kier molecular flexibility index (Phi) is 3.38. The summed E-state index contributed by atoms with van der Waals surface area (Å²) in [5, 5.41) is 3.29. The molecule has 2 rings (SSSR count). The Labute approximate surface area is 102 Å². The van der Waals surface area contributed by atoms with E-state index >= 15 is 0 Å². The summed E-state index contributed by atoms with van der Waals surface area (Å²) in [6.07, 6.45) is 2.07. The van der Waals surface area contributed by atoms with Crippen LogP contribution in [0.15, 0.2) is 24.3 Å². The second-order valence-corrected chi connectivity index (χ2v) is 5.50. The minimum atomic E-state index is -0.201. The maximum atomic E-state index is 13.6. The van der Waals surface area contributed by atoms with E-state index in [9.17, 15) is 4.39 Å². The summed E-state index contributed by atoms with van der Waals surface area (Å²) in [6.45, 7) is 5.02. The van der Waals surface area contributed by atoms with Gasteiger partial charge in [-0.1, -0.05) is 26.0 Å².